The number of carbonyl (C=O) groups excluding carboxylic acids is 1. The van der Waals surface area contributed by atoms with Crippen molar-refractivity contribution in [1.29, 1.82) is 0 Å². The molecule has 0 heterocycles. The van der Waals surface area contributed by atoms with Crippen LogP contribution in [0.1, 0.15) is 58.8 Å². The van der Waals surface area contributed by atoms with E-state index in [1.54, 1.807) is 6.92 Å². The molecular weight excluding hydrogens is 192 g/mol. The van der Waals surface area contributed by atoms with E-state index in [9.17, 15) is 9.90 Å². The summed E-state index contributed by atoms with van der Waals surface area (Å²) in [5, 5.41) is 9.56. The van der Waals surface area contributed by atoms with Gasteiger partial charge in [0.05, 0.1) is 12.7 Å². The molecule has 90 valence electrons. The summed E-state index contributed by atoms with van der Waals surface area (Å²) in [6, 6.07) is 0. The fourth-order valence-electron chi connectivity index (χ4n) is 1.47. The highest BCUT2D eigenvalue weighted by Crippen LogP contribution is 2.09. The second-order valence-electron chi connectivity index (χ2n) is 3.85. The zero-order valence-corrected chi connectivity index (χ0v) is 10.00. The first-order valence-corrected chi connectivity index (χ1v) is 6.04. The Morgan fingerprint density at radius 1 is 1.20 bits per heavy atom. The molecule has 0 saturated carbocycles. The molecule has 0 aromatic heterocycles. The van der Waals surface area contributed by atoms with E-state index in [1.807, 2.05) is 0 Å². The zero-order chi connectivity index (χ0) is 11.5. The van der Waals surface area contributed by atoms with Gasteiger partial charge < -0.3 is 9.84 Å². The molecular formula is C12H24O3. The molecule has 0 spiro atoms. The van der Waals surface area contributed by atoms with Crippen LogP contribution in [0.5, 0.6) is 0 Å². The predicted octanol–water partition coefficient (Wildman–Crippen LogP) is 2.66. The van der Waals surface area contributed by atoms with Crippen LogP contribution in [-0.4, -0.2) is 23.8 Å². The molecule has 0 aromatic carbocycles. The van der Waals surface area contributed by atoms with Crippen molar-refractivity contribution in [2.45, 2.75) is 64.9 Å². The smallest absolute Gasteiger partial charge is 0.305 e. The van der Waals surface area contributed by atoms with Crippen molar-refractivity contribution in [2.75, 3.05) is 6.61 Å². The zero-order valence-electron chi connectivity index (χ0n) is 10.00. The molecule has 0 radical (unpaired) electrons. The Morgan fingerprint density at radius 3 is 2.53 bits per heavy atom. The van der Waals surface area contributed by atoms with E-state index in [2.05, 4.69) is 6.92 Å². The summed E-state index contributed by atoms with van der Waals surface area (Å²) in [6.45, 7) is 4.38. The van der Waals surface area contributed by atoms with E-state index in [-0.39, 0.29) is 12.1 Å². The van der Waals surface area contributed by atoms with Crippen LogP contribution < -0.4 is 0 Å². The first kappa shape index (κ1) is 14.4. The quantitative estimate of drug-likeness (QED) is 0.476. The molecule has 1 unspecified atom stereocenters. The van der Waals surface area contributed by atoms with Crippen molar-refractivity contribution in [1.82, 2.24) is 0 Å². The molecule has 0 saturated heterocycles. The number of aliphatic hydroxyl groups excluding tert-OH is 1. The molecule has 0 amide bonds. The molecule has 0 aliphatic carbocycles. The lowest BCUT2D eigenvalue weighted by molar-refractivity contribution is -0.143. The van der Waals surface area contributed by atoms with E-state index >= 15 is 0 Å². The number of aliphatic hydroxyl groups is 1. The van der Waals surface area contributed by atoms with Crippen molar-refractivity contribution in [2.24, 2.45) is 0 Å². The van der Waals surface area contributed by atoms with Gasteiger partial charge in [-0.2, -0.15) is 0 Å². The van der Waals surface area contributed by atoms with Crippen LogP contribution in [0.25, 0.3) is 0 Å². The van der Waals surface area contributed by atoms with Crippen molar-refractivity contribution in [3.8, 4) is 0 Å². The maximum atomic E-state index is 11.0. The van der Waals surface area contributed by atoms with Gasteiger partial charge in [0.2, 0.25) is 0 Å². The lowest BCUT2D eigenvalue weighted by Gasteiger charge is -2.09. The standard InChI is InChI=1S/C12H24O3/c1-3-5-6-7-8-11(13)9-10-12(14)15-4-2/h11,13H,3-10H2,1-2H3. The molecule has 3 nitrogen and oxygen atoms in total. The van der Waals surface area contributed by atoms with E-state index in [4.69, 9.17) is 4.74 Å². The summed E-state index contributed by atoms with van der Waals surface area (Å²) in [5.41, 5.74) is 0. The average molecular weight is 216 g/mol. The van der Waals surface area contributed by atoms with Crippen LogP contribution in [0.2, 0.25) is 0 Å². The lowest BCUT2D eigenvalue weighted by Crippen LogP contribution is -2.11. The van der Waals surface area contributed by atoms with Gasteiger partial charge in [0, 0.05) is 6.42 Å². The lowest BCUT2D eigenvalue weighted by atomic mass is 10.1. The van der Waals surface area contributed by atoms with E-state index in [0.29, 0.717) is 19.4 Å². The second-order valence-corrected chi connectivity index (χ2v) is 3.85. The summed E-state index contributed by atoms with van der Waals surface area (Å²) in [4.78, 5) is 11.0. The van der Waals surface area contributed by atoms with Gasteiger partial charge >= 0.3 is 5.97 Å². The summed E-state index contributed by atoms with van der Waals surface area (Å²) in [5.74, 6) is -0.204. The van der Waals surface area contributed by atoms with Gasteiger partial charge in [-0.15, -0.1) is 0 Å². The minimum absolute atomic E-state index is 0.204. The Morgan fingerprint density at radius 2 is 1.93 bits per heavy atom. The third kappa shape index (κ3) is 9.73. The summed E-state index contributed by atoms with van der Waals surface area (Å²) < 4.78 is 4.79. The highest BCUT2D eigenvalue weighted by Gasteiger charge is 2.08. The Bertz CT molecular complexity index is 157. The minimum atomic E-state index is -0.341. The predicted molar refractivity (Wildman–Crippen MR) is 60.6 cm³/mol. The van der Waals surface area contributed by atoms with Gasteiger partial charge in [0.1, 0.15) is 0 Å². The molecule has 1 N–H and O–H groups in total. The molecule has 0 fully saturated rings. The molecule has 15 heavy (non-hydrogen) atoms. The number of esters is 1. The van der Waals surface area contributed by atoms with Gasteiger partial charge in [-0.3, -0.25) is 4.79 Å². The van der Waals surface area contributed by atoms with Crippen LogP contribution in [0.4, 0.5) is 0 Å². The minimum Gasteiger partial charge on any atom is -0.466 e. The Hall–Kier alpha value is -0.570. The summed E-state index contributed by atoms with van der Waals surface area (Å²) in [7, 11) is 0. The maximum Gasteiger partial charge on any atom is 0.305 e. The SMILES string of the molecule is CCCCCCC(O)CCC(=O)OCC. The topological polar surface area (TPSA) is 46.5 Å². The monoisotopic (exact) mass is 216 g/mol. The van der Waals surface area contributed by atoms with Gasteiger partial charge in [0.15, 0.2) is 0 Å². The Labute approximate surface area is 92.8 Å². The number of hydrogen-bond donors (Lipinski definition) is 1. The highest BCUT2D eigenvalue weighted by molar-refractivity contribution is 5.69. The van der Waals surface area contributed by atoms with E-state index in [1.165, 1.54) is 19.3 Å². The molecule has 1 atom stereocenters. The Kier molecular flexibility index (Phi) is 9.59. The van der Waals surface area contributed by atoms with Gasteiger partial charge in [-0.1, -0.05) is 32.6 Å². The van der Waals surface area contributed by atoms with E-state index in [0.717, 1.165) is 12.8 Å². The van der Waals surface area contributed by atoms with Crippen LogP contribution in [-0.2, 0) is 9.53 Å². The molecule has 0 aliphatic rings. The van der Waals surface area contributed by atoms with Crippen molar-refractivity contribution in [3.63, 3.8) is 0 Å². The fraction of sp³-hybridized carbons (Fsp3) is 0.917. The van der Waals surface area contributed by atoms with Crippen LogP contribution >= 0.6 is 0 Å². The second kappa shape index (κ2) is 9.97. The number of unbranched alkanes of at least 4 members (excludes halogenated alkanes) is 3. The van der Waals surface area contributed by atoms with Crippen molar-refractivity contribution >= 4 is 5.97 Å². The maximum absolute atomic E-state index is 11.0. The molecule has 0 aromatic rings. The Balaban J connectivity index is 3.32. The summed E-state index contributed by atoms with van der Waals surface area (Å²) >= 11 is 0. The number of rotatable bonds is 9. The van der Waals surface area contributed by atoms with Gasteiger partial charge in [0.25, 0.3) is 0 Å². The number of hydrogen-bond acceptors (Lipinski definition) is 3. The number of carbonyl (C=O) groups is 1. The largest absolute Gasteiger partial charge is 0.466 e. The molecule has 0 rings (SSSR count). The normalized spacial score (nSPS) is 12.5. The number of ether oxygens (including phenoxy) is 1. The molecule has 3 heteroatoms. The van der Waals surface area contributed by atoms with Crippen LogP contribution in [0.15, 0.2) is 0 Å². The molecule has 0 aliphatic heterocycles. The van der Waals surface area contributed by atoms with E-state index < -0.39 is 0 Å². The average Bonchev–Trinajstić information content (AvgIpc) is 2.22. The van der Waals surface area contributed by atoms with Crippen LogP contribution in [0, 0.1) is 0 Å². The van der Waals surface area contributed by atoms with Crippen molar-refractivity contribution < 1.29 is 14.6 Å². The van der Waals surface area contributed by atoms with Crippen molar-refractivity contribution in [3.05, 3.63) is 0 Å². The summed E-state index contributed by atoms with van der Waals surface area (Å²) in [6.07, 6.45) is 5.99. The third-order valence-electron chi connectivity index (χ3n) is 2.38. The van der Waals surface area contributed by atoms with Gasteiger partial charge in [-0.05, 0) is 19.8 Å². The fourth-order valence-corrected chi connectivity index (χ4v) is 1.47. The first-order chi connectivity index (χ1) is 7.20. The van der Waals surface area contributed by atoms with Gasteiger partial charge in [-0.25, -0.2) is 0 Å². The van der Waals surface area contributed by atoms with Crippen LogP contribution in [0.3, 0.4) is 0 Å². The third-order valence-corrected chi connectivity index (χ3v) is 2.38. The first-order valence-electron chi connectivity index (χ1n) is 6.04. The molecule has 0 bridgehead atoms. The highest BCUT2D eigenvalue weighted by atomic mass is 16.5.